The molecular formula is C15H14FN3O3. The number of nitrogens with zero attached hydrogens (tertiary/aromatic N) is 2. The van der Waals surface area contributed by atoms with Crippen molar-refractivity contribution in [1.82, 2.24) is 15.1 Å². The number of rotatable bonds is 3. The topological polar surface area (TPSA) is 86.3 Å². The summed E-state index contributed by atoms with van der Waals surface area (Å²) < 4.78 is 13.7. The van der Waals surface area contributed by atoms with Crippen LogP contribution in [0.5, 0.6) is 0 Å². The fourth-order valence-corrected chi connectivity index (χ4v) is 2.55. The zero-order valence-electron chi connectivity index (χ0n) is 11.6. The fraction of sp³-hybridized carbons (Fsp3) is 0.267. The number of benzene rings is 1. The maximum atomic E-state index is 13.7. The second-order valence-corrected chi connectivity index (χ2v) is 5.22. The van der Waals surface area contributed by atoms with Gasteiger partial charge in [0, 0.05) is 18.7 Å². The van der Waals surface area contributed by atoms with Crippen molar-refractivity contribution in [3.63, 3.8) is 0 Å². The smallest absolute Gasteiger partial charge is 0.308 e. The molecule has 0 bridgehead atoms. The van der Waals surface area contributed by atoms with E-state index in [9.17, 15) is 14.0 Å². The van der Waals surface area contributed by atoms with Crippen molar-refractivity contribution in [3.05, 3.63) is 41.8 Å². The molecule has 3 rings (SSSR count). The minimum Gasteiger partial charge on any atom is -0.481 e. The maximum Gasteiger partial charge on any atom is 0.308 e. The molecule has 1 saturated heterocycles. The molecule has 114 valence electrons. The summed E-state index contributed by atoms with van der Waals surface area (Å²) in [5.74, 6) is -2.16. The Kier molecular flexibility index (Phi) is 3.62. The lowest BCUT2D eigenvalue weighted by atomic mass is 10.1. The molecule has 6 nitrogen and oxygen atoms in total. The van der Waals surface area contributed by atoms with Gasteiger partial charge in [-0.25, -0.2) is 4.39 Å². The highest BCUT2D eigenvalue weighted by molar-refractivity contribution is 5.94. The highest BCUT2D eigenvalue weighted by atomic mass is 19.1. The van der Waals surface area contributed by atoms with Crippen LogP contribution in [0.4, 0.5) is 4.39 Å². The number of aromatic amines is 1. The second-order valence-electron chi connectivity index (χ2n) is 5.22. The van der Waals surface area contributed by atoms with Crippen molar-refractivity contribution >= 4 is 11.9 Å². The van der Waals surface area contributed by atoms with Gasteiger partial charge in [0.05, 0.1) is 11.6 Å². The van der Waals surface area contributed by atoms with Crippen molar-refractivity contribution in [2.75, 3.05) is 13.1 Å². The number of hydrogen-bond donors (Lipinski definition) is 2. The average molecular weight is 303 g/mol. The number of amides is 1. The molecule has 7 heteroatoms. The number of aromatic nitrogens is 2. The normalized spacial score (nSPS) is 17.7. The highest BCUT2D eigenvalue weighted by Gasteiger charge is 2.32. The molecule has 0 spiro atoms. The molecule has 2 aromatic rings. The monoisotopic (exact) mass is 303 g/mol. The lowest BCUT2D eigenvalue weighted by Crippen LogP contribution is -2.30. The van der Waals surface area contributed by atoms with E-state index in [0.717, 1.165) is 0 Å². The van der Waals surface area contributed by atoms with E-state index in [1.165, 1.54) is 17.0 Å². The molecule has 1 amide bonds. The minimum absolute atomic E-state index is 0.183. The molecule has 1 aliphatic heterocycles. The van der Waals surface area contributed by atoms with Crippen molar-refractivity contribution in [1.29, 1.82) is 0 Å². The summed E-state index contributed by atoms with van der Waals surface area (Å²) in [5, 5.41) is 15.5. The molecule has 1 aromatic carbocycles. The van der Waals surface area contributed by atoms with E-state index in [2.05, 4.69) is 10.2 Å². The predicted octanol–water partition coefficient (Wildman–Crippen LogP) is 1.76. The number of carboxylic acid groups (broad SMARTS) is 1. The first-order chi connectivity index (χ1) is 10.6. The first-order valence-corrected chi connectivity index (χ1v) is 6.88. The average Bonchev–Trinajstić information content (AvgIpc) is 3.17. The van der Waals surface area contributed by atoms with Gasteiger partial charge in [-0.1, -0.05) is 12.1 Å². The highest BCUT2D eigenvalue weighted by Crippen LogP contribution is 2.23. The van der Waals surface area contributed by atoms with Crippen molar-refractivity contribution in [2.24, 2.45) is 5.92 Å². The van der Waals surface area contributed by atoms with Crippen LogP contribution in [0.1, 0.15) is 16.9 Å². The fourth-order valence-electron chi connectivity index (χ4n) is 2.55. The van der Waals surface area contributed by atoms with Crippen LogP contribution in [0.2, 0.25) is 0 Å². The predicted molar refractivity (Wildman–Crippen MR) is 75.6 cm³/mol. The first-order valence-electron chi connectivity index (χ1n) is 6.88. The Morgan fingerprint density at radius 2 is 2.14 bits per heavy atom. The molecule has 2 heterocycles. The van der Waals surface area contributed by atoms with E-state index < -0.39 is 17.7 Å². The Morgan fingerprint density at radius 3 is 2.82 bits per heavy atom. The summed E-state index contributed by atoms with van der Waals surface area (Å²) in [5.41, 5.74) is 0.877. The van der Waals surface area contributed by atoms with Crippen LogP contribution in [0.3, 0.4) is 0 Å². The number of carboxylic acids is 1. The molecule has 0 saturated carbocycles. The van der Waals surface area contributed by atoms with Gasteiger partial charge < -0.3 is 10.0 Å². The van der Waals surface area contributed by atoms with E-state index in [4.69, 9.17) is 5.11 Å². The standard InChI is InChI=1S/C15H14FN3O3/c16-11-4-2-1-3-10(11)12-7-13(18-17-12)14(20)19-6-5-9(8-19)15(21)22/h1-4,7,9H,5-6,8H2,(H,17,18)(H,21,22)/t9-/m1/s1. The summed E-state index contributed by atoms with van der Waals surface area (Å²) in [6, 6.07) is 7.65. The molecule has 1 atom stereocenters. The van der Waals surface area contributed by atoms with Crippen LogP contribution in [0.15, 0.2) is 30.3 Å². The van der Waals surface area contributed by atoms with Gasteiger partial charge >= 0.3 is 5.97 Å². The minimum atomic E-state index is -0.896. The number of likely N-dealkylation sites (tertiary alicyclic amines) is 1. The van der Waals surface area contributed by atoms with Crippen LogP contribution in [0, 0.1) is 11.7 Å². The third-order valence-corrected chi connectivity index (χ3v) is 3.78. The Hall–Kier alpha value is -2.70. The van der Waals surface area contributed by atoms with Gasteiger partial charge in [0.2, 0.25) is 0 Å². The van der Waals surface area contributed by atoms with Gasteiger partial charge in [-0.15, -0.1) is 0 Å². The van der Waals surface area contributed by atoms with Crippen molar-refractivity contribution < 1.29 is 19.1 Å². The number of aliphatic carboxylic acids is 1. The Balaban J connectivity index is 1.78. The maximum absolute atomic E-state index is 13.7. The lowest BCUT2D eigenvalue weighted by molar-refractivity contribution is -0.141. The van der Waals surface area contributed by atoms with E-state index in [1.54, 1.807) is 18.2 Å². The van der Waals surface area contributed by atoms with Crippen LogP contribution in [0.25, 0.3) is 11.3 Å². The molecule has 22 heavy (non-hydrogen) atoms. The van der Waals surface area contributed by atoms with E-state index in [0.29, 0.717) is 24.2 Å². The van der Waals surface area contributed by atoms with E-state index in [1.807, 2.05) is 0 Å². The number of hydrogen-bond acceptors (Lipinski definition) is 3. The molecule has 1 aromatic heterocycles. The number of carbonyl (C=O) groups excluding carboxylic acids is 1. The molecule has 0 radical (unpaired) electrons. The van der Waals surface area contributed by atoms with E-state index >= 15 is 0 Å². The lowest BCUT2D eigenvalue weighted by Gasteiger charge is -2.13. The van der Waals surface area contributed by atoms with Gasteiger partial charge in [-0.2, -0.15) is 5.10 Å². The number of nitrogens with one attached hydrogen (secondary N) is 1. The van der Waals surface area contributed by atoms with Crippen LogP contribution in [-0.4, -0.2) is 45.2 Å². The Labute approximate surface area is 125 Å². The van der Waals surface area contributed by atoms with Gasteiger partial charge in [-0.05, 0) is 24.6 Å². The molecule has 1 fully saturated rings. The molecule has 0 unspecified atom stereocenters. The third-order valence-electron chi connectivity index (χ3n) is 3.78. The van der Waals surface area contributed by atoms with Gasteiger partial charge in [-0.3, -0.25) is 14.7 Å². The number of carbonyl (C=O) groups is 2. The SMILES string of the molecule is O=C(O)[C@@H]1CCN(C(=O)c2cc(-c3ccccc3F)n[nH]2)C1. The van der Waals surface area contributed by atoms with Crippen LogP contribution >= 0.6 is 0 Å². The van der Waals surface area contributed by atoms with E-state index in [-0.39, 0.29) is 18.1 Å². The zero-order valence-corrected chi connectivity index (χ0v) is 11.6. The first kappa shape index (κ1) is 14.2. The summed E-state index contributed by atoms with van der Waals surface area (Å²) in [4.78, 5) is 24.7. The molecule has 2 N–H and O–H groups in total. The summed E-state index contributed by atoms with van der Waals surface area (Å²) >= 11 is 0. The summed E-state index contributed by atoms with van der Waals surface area (Å²) in [7, 11) is 0. The Morgan fingerprint density at radius 1 is 1.36 bits per heavy atom. The zero-order chi connectivity index (χ0) is 15.7. The molecule has 0 aliphatic carbocycles. The van der Waals surface area contributed by atoms with Gasteiger partial charge in [0.15, 0.2) is 0 Å². The molecular weight excluding hydrogens is 289 g/mol. The number of halogens is 1. The molecule has 1 aliphatic rings. The van der Waals surface area contributed by atoms with Crippen LogP contribution < -0.4 is 0 Å². The quantitative estimate of drug-likeness (QED) is 0.904. The van der Waals surface area contributed by atoms with Crippen LogP contribution in [-0.2, 0) is 4.79 Å². The third kappa shape index (κ3) is 2.57. The van der Waals surface area contributed by atoms with Gasteiger partial charge in [0.1, 0.15) is 11.5 Å². The second kappa shape index (κ2) is 5.59. The summed E-state index contributed by atoms with van der Waals surface area (Å²) in [6.45, 7) is 0.575. The van der Waals surface area contributed by atoms with Crippen molar-refractivity contribution in [2.45, 2.75) is 6.42 Å². The number of H-pyrrole nitrogens is 1. The largest absolute Gasteiger partial charge is 0.481 e. The van der Waals surface area contributed by atoms with Crippen molar-refractivity contribution in [3.8, 4) is 11.3 Å². The summed E-state index contributed by atoms with van der Waals surface area (Å²) in [6.07, 6.45) is 0.440. The Bertz CT molecular complexity index is 728. The van der Waals surface area contributed by atoms with Gasteiger partial charge in [0.25, 0.3) is 5.91 Å².